The zero-order valence-electron chi connectivity index (χ0n) is 12.0. The van der Waals surface area contributed by atoms with Crippen LogP contribution in [0.15, 0.2) is 12.2 Å². The Morgan fingerprint density at radius 1 is 1.05 bits per heavy atom. The van der Waals surface area contributed by atoms with Crippen LogP contribution in [0.25, 0.3) is 0 Å². The molecule has 0 heterocycles. The minimum Gasteiger partial charge on any atom is -0.480 e. The number of hydrogen-bond donors (Lipinski definition) is 2. The van der Waals surface area contributed by atoms with Crippen molar-refractivity contribution in [3.63, 3.8) is 0 Å². The molecule has 0 aliphatic rings. The minimum absolute atomic E-state index is 0.169. The van der Waals surface area contributed by atoms with E-state index in [2.05, 4.69) is 6.58 Å². The predicted octanol–water partition coefficient (Wildman–Crippen LogP) is 3.05. The number of carboxylic acids is 1. The number of rotatable bonds is 12. The van der Waals surface area contributed by atoms with Gasteiger partial charge in [-0.15, -0.1) is 0 Å². The highest BCUT2D eigenvalue weighted by Gasteiger charge is 2.09. The Balaban J connectivity index is 3.26. The van der Waals surface area contributed by atoms with Gasteiger partial charge in [0.25, 0.3) is 0 Å². The van der Waals surface area contributed by atoms with Crippen molar-refractivity contribution in [1.82, 2.24) is 0 Å². The van der Waals surface area contributed by atoms with Crippen LogP contribution >= 0.6 is 0 Å². The number of aliphatic carboxylic acids is 1. The molecule has 0 aromatic carbocycles. The van der Waals surface area contributed by atoms with Gasteiger partial charge in [-0.1, -0.05) is 45.1 Å². The van der Waals surface area contributed by atoms with Gasteiger partial charge < -0.3 is 10.8 Å². The summed E-state index contributed by atoms with van der Waals surface area (Å²) in [4.78, 5) is 21.8. The van der Waals surface area contributed by atoms with E-state index in [1.807, 2.05) is 0 Å². The number of Topliss-reactive ketones (excluding diaryl/α,β-unsaturated/α-hetero) is 1. The molecule has 110 valence electrons. The number of allylic oxidation sites excluding steroid dienone is 1. The molecule has 1 unspecified atom stereocenters. The average molecular weight is 269 g/mol. The zero-order chi connectivity index (χ0) is 14.7. The lowest BCUT2D eigenvalue weighted by Crippen LogP contribution is -2.29. The van der Waals surface area contributed by atoms with Gasteiger partial charge in [0.1, 0.15) is 6.04 Å². The second kappa shape index (κ2) is 10.7. The molecule has 19 heavy (non-hydrogen) atoms. The Hall–Kier alpha value is -1.16. The molecule has 0 radical (unpaired) electrons. The maximum atomic E-state index is 11.3. The SMILES string of the molecule is C=C(C)C(=O)CCCCCCCCCC(N)C(=O)O. The molecular weight excluding hydrogens is 242 g/mol. The Morgan fingerprint density at radius 3 is 2.00 bits per heavy atom. The number of unbranched alkanes of at least 4 members (excludes halogenated alkanes) is 6. The maximum Gasteiger partial charge on any atom is 0.320 e. The fourth-order valence-corrected chi connectivity index (χ4v) is 1.87. The Labute approximate surface area is 116 Å². The molecule has 4 nitrogen and oxygen atoms in total. The molecule has 0 saturated carbocycles. The van der Waals surface area contributed by atoms with Crippen LogP contribution < -0.4 is 5.73 Å². The van der Waals surface area contributed by atoms with Gasteiger partial charge in [-0.3, -0.25) is 9.59 Å². The van der Waals surface area contributed by atoms with Crippen molar-refractivity contribution in [2.75, 3.05) is 0 Å². The van der Waals surface area contributed by atoms with E-state index in [1.54, 1.807) is 6.92 Å². The van der Waals surface area contributed by atoms with Crippen molar-refractivity contribution in [2.24, 2.45) is 5.73 Å². The lowest BCUT2D eigenvalue weighted by Gasteiger charge is -2.05. The van der Waals surface area contributed by atoms with Crippen LogP contribution in [0.4, 0.5) is 0 Å². The van der Waals surface area contributed by atoms with Crippen LogP contribution in [-0.4, -0.2) is 22.9 Å². The summed E-state index contributed by atoms with van der Waals surface area (Å²) in [5.74, 6) is -0.746. The first-order valence-electron chi connectivity index (χ1n) is 7.12. The number of carboxylic acid groups (broad SMARTS) is 1. The van der Waals surface area contributed by atoms with Gasteiger partial charge >= 0.3 is 5.97 Å². The summed E-state index contributed by atoms with van der Waals surface area (Å²) in [6.45, 7) is 5.38. The quantitative estimate of drug-likeness (QED) is 0.421. The fraction of sp³-hybridized carbons (Fsp3) is 0.733. The molecule has 1 atom stereocenters. The fourth-order valence-electron chi connectivity index (χ4n) is 1.87. The van der Waals surface area contributed by atoms with E-state index in [1.165, 1.54) is 0 Å². The van der Waals surface area contributed by atoms with Gasteiger partial charge in [0.15, 0.2) is 5.78 Å². The normalized spacial score (nSPS) is 12.1. The van der Waals surface area contributed by atoms with Crippen LogP contribution in [0.2, 0.25) is 0 Å². The summed E-state index contributed by atoms with van der Waals surface area (Å²) in [6, 6.07) is -0.715. The Morgan fingerprint density at radius 2 is 1.53 bits per heavy atom. The third-order valence-corrected chi connectivity index (χ3v) is 3.21. The zero-order valence-corrected chi connectivity index (χ0v) is 12.0. The van der Waals surface area contributed by atoms with Crippen LogP contribution in [0, 0.1) is 0 Å². The van der Waals surface area contributed by atoms with Crippen molar-refractivity contribution in [3.8, 4) is 0 Å². The highest BCUT2D eigenvalue weighted by molar-refractivity contribution is 5.93. The smallest absolute Gasteiger partial charge is 0.320 e. The summed E-state index contributed by atoms with van der Waals surface area (Å²) in [5, 5.41) is 8.61. The van der Waals surface area contributed by atoms with E-state index in [4.69, 9.17) is 10.8 Å². The van der Waals surface area contributed by atoms with E-state index in [0.29, 0.717) is 18.4 Å². The first kappa shape index (κ1) is 17.8. The van der Waals surface area contributed by atoms with Gasteiger partial charge in [0, 0.05) is 6.42 Å². The first-order chi connectivity index (χ1) is 8.95. The molecule has 0 rings (SSSR count). The van der Waals surface area contributed by atoms with Crippen LogP contribution in [-0.2, 0) is 9.59 Å². The van der Waals surface area contributed by atoms with Gasteiger partial charge in [0.2, 0.25) is 0 Å². The lowest BCUT2D eigenvalue weighted by atomic mass is 10.0. The third-order valence-electron chi connectivity index (χ3n) is 3.21. The molecule has 0 aliphatic heterocycles. The molecule has 0 bridgehead atoms. The minimum atomic E-state index is -0.915. The number of hydrogen-bond acceptors (Lipinski definition) is 3. The summed E-state index contributed by atoms with van der Waals surface area (Å²) in [5.41, 5.74) is 6.06. The highest BCUT2D eigenvalue weighted by Crippen LogP contribution is 2.11. The van der Waals surface area contributed by atoms with E-state index < -0.39 is 12.0 Å². The molecule has 4 heteroatoms. The molecule has 0 fully saturated rings. The molecule has 0 aromatic heterocycles. The molecule has 0 amide bonds. The van der Waals surface area contributed by atoms with Gasteiger partial charge in [-0.25, -0.2) is 0 Å². The van der Waals surface area contributed by atoms with E-state index in [-0.39, 0.29) is 5.78 Å². The molecule has 0 saturated heterocycles. The predicted molar refractivity (Wildman–Crippen MR) is 77.0 cm³/mol. The van der Waals surface area contributed by atoms with E-state index in [9.17, 15) is 9.59 Å². The molecule has 0 aliphatic carbocycles. The van der Waals surface area contributed by atoms with Crippen molar-refractivity contribution >= 4 is 11.8 Å². The second-order valence-electron chi connectivity index (χ2n) is 5.16. The lowest BCUT2D eigenvalue weighted by molar-refractivity contribution is -0.138. The second-order valence-corrected chi connectivity index (χ2v) is 5.16. The van der Waals surface area contributed by atoms with Crippen molar-refractivity contribution in [2.45, 2.75) is 70.8 Å². The van der Waals surface area contributed by atoms with E-state index in [0.717, 1.165) is 44.9 Å². The average Bonchev–Trinajstić information content (AvgIpc) is 2.35. The highest BCUT2D eigenvalue weighted by atomic mass is 16.4. The monoisotopic (exact) mass is 269 g/mol. The number of carbonyl (C=O) groups is 2. The maximum absolute atomic E-state index is 11.3. The molecule has 0 spiro atoms. The van der Waals surface area contributed by atoms with E-state index >= 15 is 0 Å². The largest absolute Gasteiger partial charge is 0.480 e. The van der Waals surface area contributed by atoms with Crippen molar-refractivity contribution in [1.29, 1.82) is 0 Å². The van der Waals surface area contributed by atoms with Gasteiger partial charge in [-0.05, 0) is 25.3 Å². The van der Waals surface area contributed by atoms with Gasteiger partial charge in [0.05, 0.1) is 0 Å². The molecular formula is C15H27NO3. The van der Waals surface area contributed by atoms with Crippen molar-refractivity contribution in [3.05, 3.63) is 12.2 Å². The first-order valence-corrected chi connectivity index (χ1v) is 7.12. The van der Waals surface area contributed by atoms with Gasteiger partial charge in [-0.2, -0.15) is 0 Å². The topological polar surface area (TPSA) is 80.4 Å². The van der Waals surface area contributed by atoms with Crippen LogP contribution in [0.3, 0.4) is 0 Å². The molecule has 3 N–H and O–H groups in total. The number of ketones is 1. The number of nitrogens with two attached hydrogens (primary N) is 1. The summed E-state index contributed by atoms with van der Waals surface area (Å²) >= 11 is 0. The Kier molecular flexibility index (Phi) is 10.1. The van der Waals surface area contributed by atoms with Crippen molar-refractivity contribution < 1.29 is 14.7 Å². The summed E-state index contributed by atoms with van der Waals surface area (Å²) in [6.07, 6.45) is 8.49. The van der Waals surface area contributed by atoms with Crippen LogP contribution in [0.1, 0.15) is 64.7 Å². The standard InChI is InChI=1S/C15H27NO3/c1-12(2)14(17)11-9-7-5-3-4-6-8-10-13(16)15(18)19/h13H,1,3-11,16H2,2H3,(H,18,19). The molecule has 0 aromatic rings. The van der Waals surface area contributed by atoms with Crippen LogP contribution in [0.5, 0.6) is 0 Å². The summed E-state index contributed by atoms with van der Waals surface area (Å²) in [7, 11) is 0. The number of carbonyl (C=O) groups excluding carboxylic acids is 1. The summed E-state index contributed by atoms with van der Waals surface area (Å²) < 4.78 is 0. The third kappa shape index (κ3) is 10.4. The Bertz CT molecular complexity index is 300.